The van der Waals surface area contributed by atoms with Crippen LogP contribution in [0.25, 0.3) is 11.1 Å². The second kappa shape index (κ2) is 17.3. The third-order valence-corrected chi connectivity index (χ3v) is 8.18. The number of halogens is 2. The maximum atomic E-state index is 3.53. The molecule has 6 rings (SSSR count). The first-order valence-corrected chi connectivity index (χ1v) is 15.8. The standard InChI is InChI=1S/C21H25.C15H14.C5H5.2ClH.Ti/c1-20(2,3)16-9-7-14-11-15-8-10-17(21(4,5)6)13-19(15)18(14)12-16;1-3-8-14(9-4-1)12-7-13-15-10-5-2-6-11-15;1-2-4-5-3-1;;;/h7,9-10,12-13H,11H2,1-6H3;1-6,8-11H,12-13H2;1-3H,4H2;2*1H;/q-1;;-1;;;+2/p-2. The quantitative estimate of drug-likeness (QED) is 0.202. The summed E-state index contributed by atoms with van der Waals surface area (Å²) >= 11 is 2.24. The molecule has 228 valence electrons. The van der Waals surface area contributed by atoms with Gasteiger partial charge in [0.15, 0.2) is 0 Å². The Kier molecular flexibility index (Phi) is 14.8. The monoisotopic (exact) mass is 654 g/mol. The van der Waals surface area contributed by atoms with Gasteiger partial charge >= 0.3 is 108 Å². The summed E-state index contributed by atoms with van der Waals surface area (Å²) in [6, 6.07) is 36.4. The predicted molar refractivity (Wildman–Crippen MR) is 178 cm³/mol. The molecule has 0 heterocycles. The van der Waals surface area contributed by atoms with Gasteiger partial charge in [-0.15, -0.1) is 12.0 Å². The Labute approximate surface area is 290 Å². The molecule has 0 spiro atoms. The van der Waals surface area contributed by atoms with Crippen LogP contribution >= 0.6 is 0 Å². The van der Waals surface area contributed by atoms with E-state index in [2.05, 4.69) is 171 Å². The van der Waals surface area contributed by atoms with Crippen molar-refractivity contribution in [2.75, 3.05) is 0 Å². The van der Waals surface area contributed by atoms with Gasteiger partial charge in [-0.3, -0.25) is 6.08 Å². The fourth-order valence-corrected chi connectivity index (χ4v) is 5.71. The number of benzene rings is 4. The van der Waals surface area contributed by atoms with Crippen LogP contribution < -0.4 is 24.8 Å². The van der Waals surface area contributed by atoms with E-state index in [0.717, 1.165) is 25.7 Å². The normalized spacial score (nSPS) is 12.4. The van der Waals surface area contributed by atoms with Gasteiger partial charge in [-0.2, -0.15) is 35.4 Å². The van der Waals surface area contributed by atoms with Crippen LogP contribution in [-0.4, -0.2) is 3.81 Å². The van der Waals surface area contributed by atoms with E-state index in [-0.39, 0.29) is 35.6 Å². The Morgan fingerprint density at radius 1 is 0.705 bits per heavy atom. The number of fused-ring (bicyclic) bond motifs is 3. The minimum absolute atomic E-state index is 0. The molecule has 0 saturated carbocycles. The van der Waals surface area contributed by atoms with Crippen molar-refractivity contribution in [2.24, 2.45) is 0 Å². The molecule has 0 unspecified atom stereocenters. The first kappa shape index (κ1) is 37.7. The van der Waals surface area contributed by atoms with E-state index in [4.69, 9.17) is 0 Å². The van der Waals surface area contributed by atoms with Gasteiger partial charge < -0.3 is 24.8 Å². The summed E-state index contributed by atoms with van der Waals surface area (Å²) in [5.74, 6) is 0. The van der Waals surface area contributed by atoms with E-state index in [1.165, 1.54) is 48.3 Å². The molecule has 0 N–H and O–H groups in total. The zero-order valence-corrected chi connectivity index (χ0v) is 30.1. The van der Waals surface area contributed by atoms with Crippen LogP contribution in [0.1, 0.15) is 81.3 Å². The molecule has 2 aliphatic rings. The molecule has 3 heteroatoms. The van der Waals surface area contributed by atoms with E-state index in [1.807, 2.05) is 12.2 Å². The first-order valence-electron chi connectivity index (χ1n) is 15.1. The number of allylic oxidation sites excluding steroid dienone is 4. The van der Waals surface area contributed by atoms with Crippen LogP contribution in [0, 0.1) is 12.1 Å². The molecule has 0 amide bonds. The van der Waals surface area contributed by atoms with Crippen molar-refractivity contribution in [3.05, 3.63) is 155 Å². The van der Waals surface area contributed by atoms with E-state index in [1.54, 1.807) is 0 Å². The fourth-order valence-electron chi connectivity index (χ4n) is 5.07. The summed E-state index contributed by atoms with van der Waals surface area (Å²) < 4.78 is 1.51. The molecule has 0 atom stereocenters. The Hall–Kier alpha value is -2.48. The summed E-state index contributed by atoms with van der Waals surface area (Å²) in [5.41, 5.74) is 11.6. The third kappa shape index (κ3) is 11.2. The van der Waals surface area contributed by atoms with Gasteiger partial charge in [0, 0.05) is 0 Å². The SMILES string of the molecule is CC(C)(C)c1c[c-]c2c(c1)-c1cc(C(C)(C)C)ccc1C2.[C-]1=CC=CC1.[Cl-].[Cl-].[Ti+2]=[C](Cc1ccccc1)Cc1ccccc1. The third-order valence-electron chi connectivity index (χ3n) is 7.63. The molecule has 0 aromatic heterocycles. The van der Waals surface area contributed by atoms with Gasteiger partial charge in [0.25, 0.3) is 0 Å². The summed E-state index contributed by atoms with van der Waals surface area (Å²) in [7, 11) is 0. The topological polar surface area (TPSA) is 0 Å². The molecule has 4 aromatic rings. The van der Waals surface area contributed by atoms with Crippen molar-refractivity contribution in [3.63, 3.8) is 0 Å². The maximum absolute atomic E-state index is 3.53. The Bertz CT molecular complexity index is 1420. The van der Waals surface area contributed by atoms with Crippen LogP contribution in [0.2, 0.25) is 0 Å². The van der Waals surface area contributed by atoms with Gasteiger partial charge in [0.05, 0.1) is 0 Å². The molecule has 0 fully saturated rings. The van der Waals surface area contributed by atoms with Crippen molar-refractivity contribution >= 4 is 3.81 Å². The van der Waals surface area contributed by atoms with Crippen LogP contribution in [0.15, 0.2) is 109 Å². The second-order valence-corrected chi connectivity index (χ2v) is 14.4. The van der Waals surface area contributed by atoms with Gasteiger partial charge in [-0.25, -0.2) is 12.2 Å². The Balaban J connectivity index is 0.000000260. The van der Waals surface area contributed by atoms with E-state index in [9.17, 15) is 0 Å². The summed E-state index contributed by atoms with van der Waals surface area (Å²) in [5, 5.41) is 0. The average molecular weight is 656 g/mol. The minimum atomic E-state index is 0. The predicted octanol–water partition coefficient (Wildman–Crippen LogP) is 4.16. The van der Waals surface area contributed by atoms with Crippen molar-refractivity contribution in [1.29, 1.82) is 0 Å². The van der Waals surface area contributed by atoms with E-state index < -0.39 is 0 Å². The molecule has 2 aliphatic carbocycles. The summed E-state index contributed by atoms with van der Waals surface area (Å²) in [6.45, 7) is 13.6. The van der Waals surface area contributed by atoms with Gasteiger partial charge in [0.1, 0.15) is 0 Å². The molecule has 0 aliphatic heterocycles. The Morgan fingerprint density at radius 3 is 1.70 bits per heavy atom. The Morgan fingerprint density at radius 2 is 1.25 bits per heavy atom. The van der Waals surface area contributed by atoms with Crippen LogP contribution in [-0.2, 0) is 50.1 Å². The second-order valence-electron chi connectivity index (χ2n) is 13.3. The average Bonchev–Trinajstić information content (AvgIpc) is 3.65. The van der Waals surface area contributed by atoms with Gasteiger partial charge in [-0.05, 0) is 17.4 Å². The molecule has 0 saturated heterocycles. The molecule has 0 bridgehead atoms. The molecular formula is C41H44Cl2Ti-2. The van der Waals surface area contributed by atoms with Gasteiger partial charge in [0.2, 0.25) is 0 Å². The molecule has 0 nitrogen and oxygen atoms in total. The van der Waals surface area contributed by atoms with Crippen LogP contribution in [0.3, 0.4) is 0 Å². The van der Waals surface area contributed by atoms with Crippen molar-refractivity contribution < 1.29 is 44.8 Å². The van der Waals surface area contributed by atoms with Gasteiger partial charge in [-0.1, -0.05) is 76.3 Å². The zero-order valence-electron chi connectivity index (χ0n) is 27.0. The number of rotatable bonds is 4. The number of hydrogen-bond acceptors (Lipinski definition) is 0. The van der Waals surface area contributed by atoms with Crippen LogP contribution in [0.4, 0.5) is 0 Å². The van der Waals surface area contributed by atoms with E-state index in [0.29, 0.717) is 0 Å². The molecular weight excluding hydrogens is 611 g/mol. The van der Waals surface area contributed by atoms with Crippen LogP contribution in [0.5, 0.6) is 0 Å². The zero-order chi connectivity index (χ0) is 30.2. The number of hydrogen-bond donors (Lipinski definition) is 0. The van der Waals surface area contributed by atoms with E-state index >= 15 is 0 Å². The van der Waals surface area contributed by atoms with Crippen molar-refractivity contribution in [3.8, 4) is 11.1 Å². The van der Waals surface area contributed by atoms with Crippen molar-refractivity contribution in [2.45, 2.75) is 78.1 Å². The molecule has 44 heavy (non-hydrogen) atoms. The fraction of sp³-hybridized carbons (Fsp3) is 0.293. The summed E-state index contributed by atoms with van der Waals surface area (Å²) in [4.78, 5) is 0. The molecule has 0 radical (unpaired) electrons. The first-order chi connectivity index (χ1) is 20.0. The van der Waals surface area contributed by atoms with Crippen molar-refractivity contribution in [1.82, 2.24) is 0 Å². The molecule has 4 aromatic carbocycles. The summed E-state index contributed by atoms with van der Waals surface area (Å²) in [6.07, 6.45) is 13.2.